The molecule has 0 aliphatic carbocycles. The van der Waals surface area contributed by atoms with Crippen LogP contribution >= 0.6 is 0 Å². The molecule has 2 rings (SSSR count). The Morgan fingerprint density at radius 2 is 2.00 bits per heavy atom. The van der Waals surface area contributed by atoms with Crippen LogP contribution in [0.4, 0.5) is 0 Å². The van der Waals surface area contributed by atoms with Crippen molar-refractivity contribution in [2.24, 2.45) is 0 Å². The lowest BCUT2D eigenvalue weighted by atomic mass is 10.1. The fourth-order valence-electron chi connectivity index (χ4n) is 2.38. The monoisotopic (exact) mass is 260 g/mol. The van der Waals surface area contributed by atoms with Gasteiger partial charge in [0.2, 0.25) is 5.91 Å². The number of benzene rings is 1. The van der Waals surface area contributed by atoms with Gasteiger partial charge in [0.15, 0.2) is 0 Å². The Bertz CT molecular complexity index is 451. The summed E-state index contributed by atoms with van der Waals surface area (Å²) in [5.41, 5.74) is 1.54. The summed E-state index contributed by atoms with van der Waals surface area (Å²) < 4.78 is 0. The van der Waals surface area contributed by atoms with E-state index >= 15 is 0 Å². The second kappa shape index (κ2) is 6.48. The lowest BCUT2D eigenvalue weighted by Gasteiger charge is -2.34. The zero-order valence-electron chi connectivity index (χ0n) is 11.3. The maximum Gasteiger partial charge on any atom is 0.227 e. The largest absolute Gasteiger partial charge is 0.340 e. The van der Waals surface area contributed by atoms with E-state index in [9.17, 15) is 9.59 Å². The number of hydrogen-bond acceptors (Lipinski definition) is 3. The molecule has 0 unspecified atom stereocenters. The molecule has 0 aromatic heterocycles. The van der Waals surface area contributed by atoms with Crippen molar-refractivity contribution in [2.75, 3.05) is 32.7 Å². The predicted molar refractivity (Wildman–Crippen MR) is 74.2 cm³/mol. The lowest BCUT2D eigenvalue weighted by Crippen LogP contribution is -2.48. The number of rotatable bonds is 4. The van der Waals surface area contributed by atoms with Gasteiger partial charge < -0.3 is 9.80 Å². The quantitative estimate of drug-likeness (QED) is 0.764. The van der Waals surface area contributed by atoms with E-state index in [2.05, 4.69) is 11.8 Å². The van der Waals surface area contributed by atoms with Crippen molar-refractivity contribution in [3.8, 4) is 0 Å². The van der Waals surface area contributed by atoms with Gasteiger partial charge in [-0.15, -0.1) is 0 Å². The predicted octanol–water partition coefficient (Wildman–Crippen LogP) is 1.21. The summed E-state index contributed by atoms with van der Waals surface area (Å²) in [5.74, 6) is 0.152. The highest BCUT2D eigenvalue weighted by molar-refractivity contribution is 5.80. The van der Waals surface area contributed by atoms with Crippen molar-refractivity contribution in [2.45, 2.75) is 13.3 Å². The smallest absolute Gasteiger partial charge is 0.227 e. The van der Waals surface area contributed by atoms with Gasteiger partial charge in [0.1, 0.15) is 6.29 Å². The van der Waals surface area contributed by atoms with E-state index in [0.29, 0.717) is 12.0 Å². The fourth-order valence-corrected chi connectivity index (χ4v) is 2.38. The Kier molecular flexibility index (Phi) is 4.68. The highest BCUT2D eigenvalue weighted by Gasteiger charge is 2.20. The number of piperazine rings is 1. The summed E-state index contributed by atoms with van der Waals surface area (Å²) in [7, 11) is 0. The van der Waals surface area contributed by atoms with Crippen LogP contribution in [0.2, 0.25) is 0 Å². The molecule has 0 spiro atoms. The number of likely N-dealkylation sites (N-methyl/N-ethyl adjacent to an activating group) is 1. The van der Waals surface area contributed by atoms with Crippen LogP contribution in [0.25, 0.3) is 0 Å². The van der Waals surface area contributed by atoms with Gasteiger partial charge in [-0.3, -0.25) is 9.59 Å². The van der Waals surface area contributed by atoms with Crippen molar-refractivity contribution in [3.05, 3.63) is 35.4 Å². The van der Waals surface area contributed by atoms with Crippen molar-refractivity contribution >= 4 is 12.2 Å². The Labute approximate surface area is 114 Å². The summed E-state index contributed by atoms with van der Waals surface area (Å²) in [4.78, 5) is 27.2. The first kappa shape index (κ1) is 13.7. The maximum absolute atomic E-state index is 12.2. The molecule has 1 aromatic carbocycles. The molecule has 1 aliphatic heterocycles. The number of hydrogen-bond donors (Lipinski definition) is 0. The molecule has 1 heterocycles. The van der Waals surface area contributed by atoms with Crippen LogP contribution in [0, 0.1) is 0 Å². The molecule has 19 heavy (non-hydrogen) atoms. The molecule has 0 radical (unpaired) electrons. The zero-order chi connectivity index (χ0) is 13.7. The Hall–Kier alpha value is -1.68. The van der Waals surface area contributed by atoms with E-state index in [-0.39, 0.29) is 5.91 Å². The zero-order valence-corrected chi connectivity index (χ0v) is 11.3. The van der Waals surface area contributed by atoms with Crippen LogP contribution in [0.15, 0.2) is 24.3 Å². The normalized spacial score (nSPS) is 16.4. The molecule has 1 fully saturated rings. The Balaban J connectivity index is 1.92. The van der Waals surface area contributed by atoms with Gasteiger partial charge in [0.05, 0.1) is 6.42 Å². The molecule has 1 saturated heterocycles. The molecule has 0 N–H and O–H groups in total. The molecular weight excluding hydrogens is 240 g/mol. The minimum Gasteiger partial charge on any atom is -0.340 e. The number of carbonyl (C=O) groups is 2. The van der Waals surface area contributed by atoms with E-state index in [1.807, 2.05) is 17.0 Å². The number of aldehydes is 1. The summed E-state index contributed by atoms with van der Waals surface area (Å²) >= 11 is 0. The van der Waals surface area contributed by atoms with Gasteiger partial charge >= 0.3 is 0 Å². The van der Waals surface area contributed by atoms with Gasteiger partial charge in [-0.2, -0.15) is 0 Å². The Morgan fingerprint density at radius 1 is 1.26 bits per heavy atom. The summed E-state index contributed by atoms with van der Waals surface area (Å²) in [6.07, 6.45) is 1.20. The SMILES string of the molecule is CCN1CCN(C(=O)Cc2cccc(C=O)c2)CC1. The van der Waals surface area contributed by atoms with Crippen LogP contribution in [-0.2, 0) is 11.2 Å². The van der Waals surface area contributed by atoms with Gasteiger partial charge in [-0.1, -0.05) is 25.1 Å². The molecule has 102 valence electrons. The maximum atomic E-state index is 12.2. The molecule has 4 heteroatoms. The molecule has 1 aromatic rings. The standard InChI is InChI=1S/C15H20N2O2/c1-2-16-6-8-17(9-7-16)15(19)11-13-4-3-5-14(10-13)12-18/h3-5,10,12H,2,6-9,11H2,1H3. The number of amides is 1. The van der Waals surface area contributed by atoms with Crippen molar-refractivity contribution in [1.29, 1.82) is 0 Å². The lowest BCUT2D eigenvalue weighted by molar-refractivity contribution is -0.132. The van der Waals surface area contributed by atoms with Gasteiger partial charge in [-0.25, -0.2) is 0 Å². The van der Waals surface area contributed by atoms with Gasteiger partial charge in [-0.05, 0) is 18.2 Å². The fraction of sp³-hybridized carbons (Fsp3) is 0.467. The highest BCUT2D eigenvalue weighted by atomic mass is 16.2. The number of carbonyl (C=O) groups excluding carboxylic acids is 2. The first-order valence-electron chi connectivity index (χ1n) is 6.77. The highest BCUT2D eigenvalue weighted by Crippen LogP contribution is 2.08. The molecule has 0 atom stereocenters. The third kappa shape index (κ3) is 3.64. The van der Waals surface area contributed by atoms with E-state index in [1.165, 1.54) is 0 Å². The minimum atomic E-state index is 0.152. The third-order valence-corrected chi connectivity index (χ3v) is 3.61. The second-order valence-corrected chi connectivity index (χ2v) is 4.85. The van der Waals surface area contributed by atoms with Crippen LogP contribution in [-0.4, -0.2) is 54.7 Å². The first-order valence-corrected chi connectivity index (χ1v) is 6.77. The Morgan fingerprint density at radius 3 is 2.63 bits per heavy atom. The van der Waals surface area contributed by atoms with E-state index in [0.717, 1.165) is 44.6 Å². The van der Waals surface area contributed by atoms with E-state index in [1.54, 1.807) is 12.1 Å². The second-order valence-electron chi connectivity index (χ2n) is 4.85. The third-order valence-electron chi connectivity index (χ3n) is 3.61. The van der Waals surface area contributed by atoms with Crippen LogP contribution in [0.3, 0.4) is 0 Å². The summed E-state index contributed by atoms with van der Waals surface area (Å²) in [6, 6.07) is 7.25. The average molecular weight is 260 g/mol. The van der Waals surface area contributed by atoms with Crippen molar-refractivity contribution in [3.63, 3.8) is 0 Å². The van der Waals surface area contributed by atoms with E-state index in [4.69, 9.17) is 0 Å². The molecule has 4 nitrogen and oxygen atoms in total. The van der Waals surface area contributed by atoms with Crippen LogP contribution < -0.4 is 0 Å². The van der Waals surface area contributed by atoms with Gasteiger partial charge in [0, 0.05) is 31.7 Å². The topological polar surface area (TPSA) is 40.6 Å². The van der Waals surface area contributed by atoms with Crippen LogP contribution in [0.5, 0.6) is 0 Å². The average Bonchev–Trinajstić information content (AvgIpc) is 2.47. The molecule has 1 amide bonds. The van der Waals surface area contributed by atoms with E-state index < -0.39 is 0 Å². The first-order chi connectivity index (χ1) is 9.22. The summed E-state index contributed by atoms with van der Waals surface area (Å²) in [6.45, 7) is 6.71. The van der Waals surface area contributed by atoms with Crippen molar-refractivity contribution in [1.82, 2.24) is 9.80 Å². The van der Waals surface area contributed by atoms with Crippen LogP contribution in [0.1, 0.15) is 22.8 Å². The summed E-state index contributed by atoms with van der Waals surface area (Å²) in [5, 5.41) is 0. The molecule has 0 bridgehead atoms. The number of nitrogens with zero attached hydrogens (tertiary/aromatic N) is 2. The molecule has 0 saturated carbocycles. The molecular formula is C15H20N2O2. The minimum absolute atomic E-state index is 0.152. The van der Waals surface area contributed by atoms with Gasteiger partial charge in [0.25, 0.3) is 0 Å². The molecule has 1 aliphatic rings. The van der Waals surface area contributed by atoms with Crippen molar-refractivity contribution < 1.29 is 9.59 Å².